The van der Waals surface area contributed by atoms with Gasteiger partial charge in [-0.05, 0) is 54.6 Å². The fourth-order valence-electron chi connectivity index (χ4n) is 3.61. The third kappa shape index (κ3) is 4.46. The highest BCUT2D eigenvalue weighted by molar-refractivity contribution is 7.92. The van der Waals surface area contributed by atoms with Gasteiger partial charge >= 0.3 is 0 Å². The second kappa shape index (κ2) is 8.53. The van der Waals surface area contributed by atoms with Gasteiger partial charge in [-0.2, -0.15) is 5.10 Å². The van der Waals surface area contributed by atoms with E-state index in [4.69, 9.17) is 22.3 Å². The minimum Gasteiger partial charge on any atom is -0.397 e. The Bertz CT molecular complexity index is 1730. The summed E-state index contributed by atoms with van der Waals surface area (Å²) in [5, 5.41) is 5.15. The van der Waals surface area contributed by atoms with Crippen molar-refractivity contribution < 1.29 is 8.42 Å². The van der Waals surface area contributed by atoms with Crippen LogP contribution in [0.4, 0.5) is 11.4 Å². The van der Waals surface area contributed by atoms with Crippen LogP contribution in [0, 0.1) is 0 Å². The third-order valence-corrected chi connectivity index (χ3v) is 5.95. The second-order valence-corrected chi connectivity index (χ2v) is 9.93. The molecule has 5 rings (SSSR count). The van der Waals surface area contributed by atoms with Gasteiger partial charge < -0.3 is 5.73 Å². The number of nitrogens with two attached hydrogens (primary N) is 1. The first-order chi connectivity index (χ1) is 16.7. The first-order valence-corrected chi connectivity index (χ1v) is 12.5. The molecule has 5 aromatic rings. The minimum atomic E-state index is -3.47. The van der Waals surface area contributed by atoms with Crippen molar-refractivity contribution in [2.45, 2.75) is 0 Å². The van der Waals surface area contributed by atoms with E-state index < -0.39 is 10.0 Å². The summed E-state index contributed by atoms with van der Waals surface area (Å²) >= 11 is 6.05. The highest BCUT2D eigenvalue weighted by atomic mass is 35.5. The molecule has 35 heavy (non-hydrogen) atoms. The molecule has 0 saturated carbocycles. The maximum atomic E-state index is 13.7. The summed E-state index contributed by atoms with van der Waals surface area (Å²) in [6, 6.07) is 16.7. The number of nitrogen functional groups attached to an aromatic ring is 1. The molecule has 0 aliphatic carbocycles. The average Bonchev–Trinajstić information content (AvgIpc) is 3.24. The Hall–Kier alpha value is -4.22. The molecule has 0 unspecified atom stereocenters. The van der Waals surface area contributed by atoms with E-state index in [9.17, 15) is 13.2 Å². The summed E-state index contributed by atoms with van der Waals surface area (Å²) in [4.78, 5) is 22.8. The molecule has 0 fully saturated rings. The van der Waals surface area contributed by atoms with E-state index >= 15 is 0 Å². The fourth-order valence-corrected chi connectivity index (χ4v) is 4.29. The van der Waals surface area contributed by atoms with Gasteiger partial charge in [0.1, 0.15) is 11.1 Å². The summed E-state index contributed by atoms with van der Waals surface area (Å²) in [5.74, 6) is 0.275. The molecule has 3 aromatic heterocycles. The zero-order chi connectivity index (χ0) is 24.7. The van der Waals surface area contributed by atoms with Gasteiger partial charge in [-0.1, -0.05) is 17.7 Å². The molecule has 3 N–H and O–H groups in total. The van der Waals surface area contributed by atoms with Crippen LogP contribution in [0.2, 0.25) is 5.02 Å². The number of hydrogen-bond acceptors (Lipinski definition) is 7. The average molecular weight is 508 g/mol. The largest absolute Gasteiger partial charge is 0.397 e. The van der Waals surface area contributed by atoms with Gasteiger partial charge in [0, 0.05) is 5.02 Å². The Balaban J connectivity index is 1.77. The Morgan fingerprint density at radius 2 is 1.77 bits per heavy atom. The maximum Gasteiger partial charge on any atom is 0.269 e. The van der Waals surface area contributed by atoms with Gasteiger partial charge in [-0.15, -0.1) is 0 Å². The fraction of sp³-hybridized carbons (Fsp3) is 0.0435. The smallest absolute Gasteiger partial charge is 0.269 e. The zero-order valence-corrected chi connectivity index (χ0v) is 19.8. The summed E-state index contributed by atoms with van der Waals surface area (Å²) in [6.45, 7) is 0. The molecular weight excluding hydrogens is 490 g/mol. The second-order valence-electron chi connectivity index (χ2n) is 7.75. The quantitative estimate of drug-likeness (QED) is 0.372. The molecule has 0 radical (unpaired) electrons. The summed E-state index contributed by atoms with van der Waals surface area (Å²) in [6.07, 6.45) is 3.97. The Labute approximate surface area is 204 Å². The van der Waals surface area contributed by atoms with Gasteiger partial charge in [-0.3, -0.25) is 19.1 Å². The molecule has 0 saturated heterocycles. The molecular formula is C23H18ClN7O3S. The van der Waals surface area contributed by atoms with Gasteiger partial charge in [0.25, 0.3) is 5.56 Å². The van der Waals surface area contributed by atoms with E-state index in [0.29, 0.717) is 33.5 Å². The summed E-state index contributed by atoms with van der Waals surface area (Å²) in [5.41, 5.74) is 8.04. The first-order valence-electron chi connectivity index (χ1n) is 10.3. The van der Waals surface area contributed by atoms with E-state index in [1.165, 1.54) is 21.6 Å². The number of sulfonamides is 1. The number of rotatable bonds is 5. The van der Waals surface area contributed by atoms with Crippen molar-refractivity contribution in [1.29, 1.82) is 0 Å². The van der Waals surface area contributed by atoms with E-state index in [0.717, 1.165) is 6.26 Å². The SMILES string of the molecule is CS(=O)(=O)Nc1cccc(-n2ncc3c(=O)n(-c4ccc(Cl)cc4)c(-c4ccc(N)cn4)nc32)c1. The molecule has 0 spiro atoms. The van der Waals surface area contributed by atoms with Crippen LogP contribution in [-0.4, -0.2) is 39.0 Å². The van der Waals surface area contributed by atoms with Crippen LogP contribution in [0.1, 0.15) is 0 Å². The van der Waals surface area contributed by atoms with Crippen molar-refractivity contribution in [3.05, 3.63) is 88.4 Å². The van der Waals surface area contributed by atoms with Crippen LogP contribution in [0.3, 0.4) is 0 Å². The lowest BCUT2D eigenvalue weighted by atomic mass is 10.2. The highest BCUT2D eigenvalue weighted by Crippen LogP contribution is 2.24. The molecule has 176 valence electrons. The number of nitrogens with one attached hydrogen (secondary N) is 1. The summed E-state index contributed by atoms with van der Waals surface area (Å²) in [7, 11) is -3.47. The van der Waals surface area contributed by atoms with Crippen LogP contribution in [0.25, 0.3) is 33.9 Å². The number of hydrogen-bond donors (Lipinski definition) is 2. The number of aromatic nitrogens is 5. The summed E-state index contributed by atoms with van der Waals surface area (Å²) < 4.78 is 28.7. The molecule has 10 nitrogen and oxygen atoms in total. The zero-order valence-electron chi connectivity index (χ0n) is 18.3. The van der Waals surface area contributed by atoms with Crippen LogP contribution in [0.15, 0.2) is 77.9 Å². The number of pyridine rings is 1. The predicted octanol–water partition coefficient (Wildman–Crippen LogP) is 3.24. The third-order valence-electron chi connectivity index (χ3n) is 5.10. The Morgan fingerprint density at radius 3 is 2.46 bits per heavy atom. The van der Waals surface area contributed by atoms with Crippen LogP contribution in [-0.2, 0) is 10.0 Å². The number of halogens is 1. The van der Waals surface area contributed by atoms with Crippen LogP contribution in [0.5, 0.6) is 0 Å². The lowest BCUT2D eigenvalue weighted by molar-refractivity contribution is 0.607. The minimum absolute atomic E-state index is 0.264. The van der Waals surface area contributed by atoms with Crippen molar-refractivity contribution >= 4 is 44.0 Å². The lowest BCUT2D eigenvalue weighted by Gasteiger charge is -2.13. The van der Waals surface area contributed by atoms with Gasteiger partial charge in [0.2, 0.25) is 10.0 Å². The molecule has 0 bridgehead atoms. The van der Waals surface area contributed by atoms with E-state index in [1.54, 1.807) is 60.7 Å². The standard InChI is InChI=1S/C23H18ClN7O3S/c1-35(33,34)29-16-3-2-4-18(11-16)31-21-19(13-27-31)23(32)30(17-8-5-14(24)6-9-17)22(28-21)20-10-7-15(25)12-26-20/h2-13,29H,25H2,1H3. The van der Waals surface area contributed by atoms with E-state index in [1.807, 2.05) is 0 Å². The molecule has 3 heterocycles. The Morgan fingerprint density at radius 1 is 1.00 bits per heavy atom. The normalized spacial score (nSPS) is 11.6. The maximum absolute atomic E-state index is 13.7. The van der Waals surface area contributed by atoms with Crippen molar-refractivity contribution in [2.24, 2.45) is 0 Å². The monoisotopic (exact) mass is 507 g/mol. The predicted molar refractivity (Wildman–Crippen MR) is 136 cm³/mol. The van der Waals surface area contributed by atoms with Gasteiger partial charge in [0.05, 0.1) is 41.4 Å². The van der Waals surface area contributed by atoms with Gasteiger partial charge in [-0.25, -0.2) is 18.1 Å². The van der Waals surface area contributed by atoms with Crippen LogP contribution >= 0.6 is 11.6 Å². The van der Waals surface area contributed by atoms with Crippen molar-refractivity contribution in [3.8, 4) is 22.9 Å². The molecule has 12 heteroatoms. The molecule has 0 aliphatic heterocycles. The van der Waals surface area contributed by atoms with Crippen LogP contribution < -0.4 is 16.0 Å². The molecule has 0 atom stereocenters. The number of benzene rings is 2. The number of anilines is 2. The van der Waals surface area contributed by atoms with E-state index in [-0.39, 0.29) is 22.4 Å². The molecule has 0 aliphatic rings. The molecule has 0 amide bonds. The van der Waals surface area contributed by atoms with Crippen molar-refractivity contribution in [3.63, 3.8) is 0 Å². The lowest BCUT2D eigenvalue weighted by Crippen LogP contribution is -2.22. The number of fused-ring (bicyclic) bond motifs is 1. The van der Waals surface area contributed by atoms with Crippen molar-refractivity contribution in [1.82, 2.24) is 24.3 Å². The molecule has 2 aromatic carbocycles. The first kappa shape index (κ1) is 22.6. The number of nitrogens with zero attached hydrogens (tertiary/aromatic N) is 5. The van der Waals surface area contributed by atoms with Gasteiger partial charge in [0.15, 0.2) is 11.5 Å². The van der Waals surface area contributed by atoms with Crippen molar-refractivity contribution in [2.75, 3.05) is 16.7 Å². The highest BCUT2D eigenvalue weighted by Gasteiger charge is 2.19. The topological polar surface area (TPSA) is 138 Å². The Kier molecular flexibility index (Phi) is 5.50. The van der Waals surface area contributed by atoms with E-state index in [2.05, 4.69) is 14.8 Å².